The van der Waals surface area contributed by atoms with Crippen molar-refractivity contribution in [2.75, 3.05) is 18.7 Å². The Morgan fingerprint density at radius 1 is 1.19 bits per heavy atom. The Bertz CT molecular complexity index is 967. The molecule has 1 aliphatic heterocycles. The number of aromatic nitrogens is 2. The van der Waals surface area contributed by atoms with E-state index in [9.17, 15) is 4.79 Å². The average Bonchev–Trinajstić information content (AvgIpc) is 3.28. The second-order valence-electron chi connectivity index (χ2n) is 6.46. The highest BCUT2D eigenvalue weighted by molar-refractivity contribution is 5.91. The molecule has 0 bridgehead atoms. The van der Waals surface area contributed by atoms with Gasteiger partial charge in [0.05, 0.1) is 17.4 Å². The number of urea groups is 1. The van der Waals surface area contributed by atoms with Crippen LogP contribution in [0.2, 0.25) is 0 Å². The van der Waals surface area contributed by atoms with E-state index < -0.39 is 0 Å². The van der Waals surface area contributed by atoms with Crippen molar-refractivity contribution in [2.24, 2.45) is 0 Å². The molecule has 0 aliphatic carbocycles. The number of benzene rings is 2. The fraction of sp³-hybridized carbons (Fsp3) is 0.300. The number of fused-ring (bicyclic) bond motifs is 2. The van der Waals surface area contributed by atoms with E-state index >= 15 is 0 Å². The summed E-state index contributed by atoms with van der Waals surface area (Å²) in [6.45, 7) is 3.86. The standard InChI is InChI=1S/C20H22N4O3/c1-2-9-24-12-22-16-11-15(4-5-17(16)24)23-20(25)21-8-7-14-3-6-18-19(10-14)27-13-26-18/h3-6,10-12H,2,7-9,13H2,1H3,(H2,21,23,25). The third kappa shape index (κ3) is 3.81. The minimum atomic E-state index is -0.233. The summed E-state index contributed by atoms with van der Waals surface area (Å²) in [5.74, 6) is 1.52. The number of carbonyl (C=O) groups excluding carboxylic acids is 1. The number of nitrogens with zero attached hydrogens (tertiary/aromatic N) is 2. The molecule has 7 heteroatoms. The summed E-state index contributed by atoms with van der Waals surface area (Å²) >= 11 is 0. The molecular weight excluding hydrogens is 344 g/mol. The van der Waals surface area contributed by atoms with Crippen molar-refractivity contribution in [3.63, 3.8) is 0 Å². The largest absolute Gasteiger partial charge is 0.454 e. The van der Waals surface area contributed by atoms with Crippen molar-refractivity contribution in [3.05, 3.63) is 48.3 Å². The Morgan fingerprint density at radius 3 is 2.96 bits per heavy atom. The fourth-order valence-corrected chi connectivity index (χ4v) is 3.15. The zero-order valence-electron chi connectivity index (χ0n) is 15.2. The minimum Gasteiger partial charge on any atom is -0.454 e. The molecule has 0 atom stereocenters. The van der Waals surface area contributed by atoms with E-state index in [1.165, 1.54) is 0 Å². The van der Waals surface area contributed by atoms with Gasteiger partial charge in [-0.2, -0.15) is 0 Å². The molecule has 2 amide bonds. The lowest BCUT2D eigenvalue weighted by Gasteiger charge is -2.08. The highest BCUT2D eigenvalue weighted by Gasteiger charge is 2.13. The van der Waals surface area contributed by atoms with Crippen LogP contribution in [-0.2, 0) is 13.0 Å². The number of anilines is 1. The van der Waals surface area contributed by atoms with Crippen LogP contribution in [0.1, 0.15) is 18.9 Å². The monoisotopic (exact) mass is 366 g/mol. The molecule has 2 N–H and O–H groups in total. The predicted octanol–water partition coefficient (Wildman–Crippen LogP) is 3.54. The highest BCUT2D eigenvalue weighted by atomic mass is 16.7. The van der Waals surface area contributed by atoms with Gasteiger partial charge in [-0.15, -0.1) is 0 Å². The van der Waals surface area contributed by atoms with Crippen molar-refractivity contribution in [1.82, 2.24) is 14.9 Å². The zero-order valence-corrected chi connectivity index (χ0v) is 15.2. The van der Waals surface area contributed by atoms with E-state index in [2.05, 4.69) is 27.1 Å². The quantitative estimate of drug-likeness (QED) is 0.699. The first kappa shape index (κ1) is 17.2. The number of rotatable bonds is 6. The smallest absolute Gasteiger partial charge is 0.319 e. The van der Waals surface area contributed by atoms with Gasteiger partial charge in [-0.3, -0.25) is 0 Å². The first-order chi connectivity index (χ1) is 13.2. The van der Waals surface area contributed by atoms with Gasteiger partial charge < -0.3 is 24.7 Å². The summed E-state index contributed by atoms with van der Waals surface area (Å²) in [6, 6.07) is 11.4. The van der Waals surface area contributed by atoms with E-state index in [-0.39, 0.29) is 12.8 Å². The number of hydrogen-bond acceptors (Lipinski definition) is 4. The first-order valence-electron chi connectivity index (χ1n) is 9.11. The molecule has 4 rings (SSSR count). The van der Waals surface area contributed by atoms with Crippen LogP contribution >= 0.6 is 0 Å². The van der Waals surface area contributed by atoms with Crippen molar-refractivity contribution in [3.8, 4) is 11.5 Å². The van der Waals surface area contributed by atoms with Gasteiger partial charge in [0, 0.05) is 18.8 Å². The van der Waals surface area contributed by atoms with E-state index in [0.717, 1.165) is 46.7 Å². The number of imidazole rings is 1. The normalized spacial score (nSPS) is 12.3. The lowest BCUT2D eigenvalue weighted by atomic mass is 10.1. The Labute approximate surface area is 157 Å². The van der Waals surface area contributed by atoms with Gasteiger partial charge in [-0.1, -0.05) is 13.0 Å². The molecule has 0 saturated heterocycles. The summed E-state index contributed by atoms with van der Waals surface area (Å²) in [6.07, 6.45) is 3.60. The molecule has 0 radical (unpaired) electrons. The van der Waals surface area contributed by atoms with Crippen LogP contribution in [0.15, 0.2) is 42.7 Å². The Morgan fingerprint density at radius 2 is 2.07 bits per heavy atom. The molecule has 0 fully saturated rings. The van der Waals surface area contributed by atoms with Crippen LogP contribution in [0, 0.1) is 0 Å². The average molecular weight is 366 g/mol. The molecule has 0 unspecified atom stereocenters. The van der Waals surface area contributed by atoms with Crippen LogP contribution in [0.25, 0.3) is 11.0 Å². The number of ether oxygens (including phenoxy) is 2. The molecule has 0 saturated carbocycles. The third-order valence-electron chi connectivity index (χ3n) is 4.48. The Kier molecular flexibility index (Phi) is 4.82. The molecule has 140 valence electrons. The van der Waals surface area contributed by atoms with Crippen LogP contribution in [0.5, 0.6) is 11.5 Å². The highest BCUT2D eigenvalue weighted by Crippen LogP contribution is 2.32. The van der Waals surface area contributed by atoms with Gasteiger partial charge in [0.15, 0.2) is 11.5 Å². The first-order valence-corrected chi connectivity index (χ1v) is 9.11. The molecule has 2 heterocycles. The summed E-state index contributed by atoms with van der Waals surface area (Å²) in [5, 5.41) is 5.73. The fourth-order valence-electron chi connectivity index (χ4n) is 3.15. The van der Waals surface area contributed by atoms with Gasteiger partial charge in [0.2, 0.25) is 6.79 Å². The second kappa shape index (κ2) is 7.57. The summed E-state index contributed by atoms with van der Waals surface area (Å²) < 4.78 is 12.8. The van der Waals surface area contributed by atoms with Gasteiger partial charge >= 0.3 is 6.03 Å². The Balaban J connectivity index is 1.31. The van der Waals surface area contributed by atoms with Crippen molar-refractivity contribution in [1.29, 1.82) is 0 Å². The topological polar surface area (TPSA) is 77.4 Å². The molecule has 1 aliphatic rings. The summed E-state index contributed by atoms with van der Waals surface area (Å²) in [4.78, 5) is 16.5. The predicted molar refractivity (Wildman–Crippen MR) is 103 cm³/mol. The molecule has 27 heavy (non-hydrogen) atoms. The maximum absolute atomic E-state index is 12.1. The van der Waals surface area contributed by atoms with E-state index in [1.54, 1.807) is 0 Å². The number of amides is 2. The second-order valence-corrected chi connectivity index (χ2v) is 6.46. The van der Waals surface area contributed by atoms with Gasteiger partial charge in [-0.25, -0.2) is 9.78 Å². The van der Waals surface area contributed by atoms with Crippen molar-refractivity contribution in [2.45, 2.75) is 26.3 Å². The van der Waals surface area contributed by atoms with E-state index in [1.807, 2.05) is 42.7 Å². The summed E-state index contributed by atoms with van der Waals surface area (Å²) in [7, 11) is 0. The van der Waals surface area contributed by atoms with Crippen LogP contribution < -0.4 is 20.1 Å². The number of carbonyl (C=O) groups is 1. The maximum atomic E-state index is 12.1. The molecule has 2 aromatic carbocycles. The minimum absolute atomic E-state index is 0.233. The lowest BCUT2D eigenvalue weighted by molar-refractivity contribution is 0.174. The Hall–Kier alpha value is -3.22. The summed E-state index contributed by atoms with van der Waals surface area (Å²) in [5.41, 5.74) is 3.76. The SMILES string of the molecule is CCCn1cnc2cc(NC(=O)NCCc3ccc4c(c3)OCO4)ccc21. The third-order valence-corrected chi connectivity index (χ3v) is 4.48. The van der Waals surface area contributed by atoms with E-state index in [0.29, 0.717) is 13.0 Å². The van der Waals surface area contributed by atoms with Crippen LogP contribution in [0.3, 0.4) is 0 Å². The number of hydrogen-bond donors (Lipinski definition) is 2. The molecule has 1 aromatic heterocycles. The number of nitrogens with one attached hydrogen (secondary N) is 2. The maximum Gasteiger partial charge on any atom is 0.319 e. The van der Waals surface area contributed by atoms with Gasteiger partial charge in [0.1, 0.15) is 0 Å². The van der Waals surface area contributed by atoms with Crippen LogP contribution in [-0.4, -0.2) is 28.9 Å². The molecule has 0 spiro atoms. The van der Waals surface area contributed by atoms with Crippen molar-refractivity contribution >= 4 is 22.8 Å². The van der Waals surface area contributed by atoms with Crippen molar-refractivity contribution < 1.29 is 14.3 Å². The number of aryl methyl sites for hydroxylation is 1. The van der Waals surface area contributed by atoms with E-state index in [4.69, 9.17) is 9.47 Å². The lowest BCUT2D eigenvalue weighted by Crippen LogP contribution is -2.30. The van der Waals surface area contributed by atoms with Gasteiger partial charge in [0.25, 0.3) is 0 Å². The van der Waals surface area contributed by atoms with Crippen LogP contribution in [0.4, 0.5) is 10.5 Å². The molecule has 3 aromatic rings. The molecule has 7 nitrogen and oxygen atoms in total. The zero-order chi connectivity index (χ0) is 18.6. The van der Waals surface area contributed by atoms with Gasteiger partial charge in [-0.05, 0) is 48.7 Å². The molecular formula is C20H22N4O3.